The lowest BCUT2D eigenvalue weighted by Crippen LogP contribution is -2.38. The fraction of sp³-hybridized carbons (Fsp3) is 0.429. The molecule has 1 fully saturated rings. The van der Waals surface area contributed by atoms with Crippen LogP contribution >= 0.6 is 11.8 Å². The van der Waals surface area contributed by atoms with Crippen molar-refractivity contribution in [3.8, 4) is 6.07 Å². The quantitative estimate of drug-likeness (QED) is 0.931. The molecule has 1 aromatic heterocycles. The Bertz CT molecular complexity index is 600. The van der Waals surface area contributed by atoms with Crippen LogP contribution in [0.3, 0.4) is 0 Å². The molecule has 5 heteroatoms. The minimum atomic E-state index is -0.371. The molecule has 19 heavy (non-hydrogen) atoms. The van der Waals surface area contributed by atoms with Gasteiger partial charge < -0.3 is 9.73 Å². The Morgan fingerprint density at radius 3 is 3.05 bits per heavy atom. The van der Waals surface area contributed by atoms with Crippen molar-refractivity contribution in [2.45, 2.75) is 35.3 Å². The minimum absolute atomic E-state index is 0.371. The first-order valence-corrected chi connectivity index (χ1v) is 7.25. The van der Waals surface area contributed by atoms with Crippen LogP contribution in [0.15, 0.2) is 33.9 Å². The highest BCUT2D eigenvalue weighted by molar-refractivity contribution is 7.99. The normalized spacial score (nSPS) is 26.6. The lowest BCUT2D eigenvalue weighted by atomic mass is 10.0. The van der Waals surface area contributed by atoms with Crippen molar-refractivity contribution in [1.82, 2.24) is 10.3 Å². The fourth-order valence-electron chi connectivity index (χ4n) is 2.53. The number of rotatable bonds is 3. The van der Waals surface area contributed by atoms with Gasteiger partial charge in [-0.25, -0.2) is 4.98 Å². The predicted octanol–water partition coefficient (Wildman–Crippen LogP) is 2.95. The molecule has 0 aliphatic heterocycles. The lowest BCUT2D eigenvalue weighted by Gasteiger charge is -2.19. The summed E-state index contributed by atoms with van der Waals surface area (Å²) in [4.78, 5) is 4.47. The molecule has 2 atom stereocenters. The zero-order valence-electron chi connectivity index (χ0n) is 10.7. The van der Waals surface area contributed by atoms with Gasteiger partial charge in [0.15, 0.2) is 5.58 Å². The van der Waals surface area contributed by atoms with Crippen molar-refractivity contribution in [3.63, 3.8) is 0 Å². The summed E-state index contributed by atoms with van der Waals surface area (Å²) < 4.78 is 5.71. The molecule has 0 amide bonds. The van der Waals surface area contributed by atoms with E-state index < -0.39 is 0 Å². The first-order chi connectivity index (χ1) is 9.24. The Morgan fingerprint density at radius 1 is 1.53 bits per heavy atom. The Balaban J connectivity index is 1.74. The van der Waals surface area contributed by atoms with Gasteiger partial charge in [-0.2, -0.15) is 5.26 Å². The number of para-hydroxylation sites is 2. The number of nitrogens with zero attached hydrogens (tertiary/aromatic N) is 2. The molecule has 4 nitrogen and oxygen atoms in total. The third-order valence-electron chi connectivity index (χ3n) is 3.70. The maximum atomic E-state index is 9.25. The molecule has 1 heterocycles. The first-order valence-electron chi connectivity index (χ1n) is 6.37. The molecule has 0 bridgehead atoms. The highest BCUT2D eigenvalue weighted by Crippen LogP contribution is 2.40. The van der Waals surface area contributed by atoms with Crippen LogP contribution in [0.25, 0.3) is 11.1 Å². The topological polar surface area (TPSA) is 61.9 Å². The van der Waals surface area contributed by atoms with Crippen LogP contribution in [0.4, 0.5) is 0 Å². The molecule has 3 rings (SSSR count). The molecular weight excluding hydrogens is 258 g/mol. The lowest BCUT2D eigenvalue weighted by molar-refractivity contribution is 0.463. The van der Waals surface area contributed by atoms with Crippen molar-refractivity contribution in [2.24, 2.45) is 0 Å². The molecule has 1 aliphatic carbocycles. The molecular formula is C14H15N3OS. The average molecular weight is 273 g/mol. The average Bonchev–Trinajstić information content (AvgIpc) is 3.03. The number of oxazole rings is 1. The second-order valence-electron chi connectivity index (χ2n) is 4.87. The van der Waals surface area contributed by atoms with E-state index in [1.54, 1.807) is 11.8 Å². The molecule has 0 spiro atoms. The summed E-state index contributed by atoms with van der Waals surface area (Å²) in [7, 11) is 1.86. The summed E-state index contributed by atoms with van der Waals surface area (Å²) >= 11 is 1.64. The number of aromatic nitrogens is 1. The van der Waals surface area contributed by atoms with E-state index in [-0.39, 0.29) is 5.54 Å². The van der Waals surface area contributed by atoms with Gasteiger partial charge in [-0.3, -0.25) is 0 Å². The van der Waals surface area contributed by atoms with E-state index >= 15 is 0 Å². The molecule has 2 aromatic rings. The Morgan fingerprint density at radius 2 is 2.37 bits per heavy atom. The number of hydrogen-bond donors (Lipinski definition) is 1. The van der Waals surface area contributed by atoms with E-state index in [1.807, 2.05) is 31.3 Å². The van der Waals surface area contributed by atoms with Gasteiger partial charge in [-0.1, -0.05) is 23.9 Å². The van der Waals surface area contributed by atoms with Crippen LogP contribution in [0.5, 0.6) is 0 Å². The van der Waals surface area contributed by atoms with Crippen molar-refractivity contribution in [3.05, 3.63) is 24.3 Å². The van der Waals surface area contributed by atoms with E-state index in [9.17, 15) is 5.26 Å². The van der Waals surface area contributed by atoms with Crippen molar-refractivity contribution in [1.29, 1.82) is 5.26 Å². The molecule has 0 radical (unpaired) electrons. The van der Waals surface area contributed by atoms with Crippen LogP contribution in [-0.4, -0.2) is 22.8 Å². The van der Waals surface area contributed by atoms with Gasteiger partial charge in [0.2, 0.25) is 0 Å². The second-order valence-corrected chi connectivity index (χ2v) is 6.13. The van der Waals surface area contributed by atoms with Gasteiger partial charge in [-0.15, -0.1) is 0 Å². The van der Waals surface area contributed by atoms with Crippen LogP contribution in [0.1, 0.15) is 19.3 Å². The van der Waals surface area contributed by atoms with Crippen LogP contribution in [0, 0.1) is 11.3 Å². The Kier molecular flexibility index (Phi) is 3.21. The highest BCUT2D eigenvalue weighted by atomic mass is 32.2. The van der Waals surface area contributed by atoms with Gasteiger partial charge in [0.25, 0.3) is 5.22 Å². The van der Waals surface area contributed by atoms with Gasteiger partial charge in [-0.05, 0) is 38.4 Å². The zero-order chi connectivity index (χ0) is 13.3. The van der Waals surface area contributed by atoms with E-state index in [1.165, 1.54) is 0 Å². The molecule has 1 aromatic carbocycles. The molecule has 1 saturated carbocycles. The van der Waals surface area contributed by atoms with Gasteiger partial charge >= 0.3 is 0 Å². The summed E-state index contributed by atoms with van der Waals surface area (Å²) in [6, 6.07) is 10.2. The Labute approximate surface area is 116 Å². The number of nitrogens with one attached hydrogen (secondary N) is 1. The number of benzene rings is 1. The van der Waals surface area contributed by atoms with Gasteiger partial charge in [0.05, 0.1) is 6.07 Å². The van der Waals surface area contributed by atoms with Crippen molar-refractivity contribution in [2.75, 3.05) is 7.05 Å². The smallest absolute Gasteiger partial charge is 0.257 e. The monoisotopic (exact) mass is 273 g/mol. The number of fused-ring (bicyclic) bond motifs is 1. The predicted molar refractivity (Wildman–Crippen MR) is 74.9 cm³/mol. The van der Waals surface area contributed by atoms with E-state index in [0.717, 1.165) is 30.4 Å². The highest BCUT2D eigenvalue weighted by Gasteiger charge is 2.39. The molecule has 1 N–H and O–H groups in total. The van der Waals surface area contributed by atoms with E-state index in [4.69, 9.17) is 4.42 Å². The molecule has 1 aliphatic rings. The first kappa shape index (κ1) is 12.5. The molecule has 0 saturated heterocycles. The number of thioether (sulfide) groups is 1. The molecule has 98 valence electrons. The summed E-state index contributed by atoms with van der Waals surface area (Å²) in [5, 5.41) is 13.5. The SMILES string of the molecule is CNC1(C#N)CCC(Sc2nc3ccccc3o2)C1. The summed E-state index contributed by atoms with van der Waals surface area (Å²) in [6.45, 7) is 0. The number of nitriles is 1. The van der Waals surface area contributed by atoms with Crippen LogP contribution < -0.4 is 5.32 Å². The summed E-state index contributed by atoms with van der Waals surface area (Å²) in [5.74, 6) is 0. The summed E-state index contributed by atoms with van der Waals surface area (Å²) in [6.07, 6.45) is 2.74. The number of hydrogen-bond acceptors (Lipinski definition) is 5. The van der Waals surface area contributed by atoms with Crippen LogP contribution in [0.2, 0.25) is 0 Å². The third kappa shape index (κ3) is 2.34. The maximum Gasteiger partial charge on any atom is 0.257 e. The minimum Gasteiger partial charge on any atom is -0.431 e. The third-order valence-corrected chi connectivity index (χ3v) is 4.82. The summed E-state index contributed by atoms with van der Waals surface area (Å²) in [5.41, 5.74) is 1.34. The Hall–Kier alpha value is -1.51. The second kappa shape index (κ2) is 4.87. The van der Waals surface area contributed by atoms with Gasteiger partial charge in [0.1, 0.15) is 11.1 Å². The fourth-order valence-corrected chi connectivity index (χ4v) is 3.71. The maximum absolute atomic E-state index is 9.25. The van der Waals surface area contributed by atoms with E-state index in [2.05, 4.69) is 16.4 Å². The largest absolute Gasteiger partial charge is 0.431 e. The standard InChI is InChI=1S/C14H15N3OS/c1-16-14(9-15)7-6-10(8-14)19-13-17-11-4-2-3-5-12(11)18-13/h2-5,10,16H,6-8H2,1H3. The van der Waals surface area contributed by atoms with Crippen molar-refractivity contribution < 1.29 is 4.42 Å². The van der Waals surface area contributed by atoms with Crippen LogP contribution in [-0.2, 0) is 0 Å². The molecule has 2 unspecified atom stereocenters. The van der Waals surface area contributed by atoms with Crippen molar-refractivity contribution >= 4 is 22.9 Å². The van der Waals surface area contributed by atoms with E-state index in [0.29, 0.717) is 10.5 Å². The zero-order valence-corrected chi connectivity index (χ0v) is 11.5. The van der Waals surface area contributed by atoms with Gasteiger partial charge in [0, 0.05) is 5.25 Å².